The number of methoxy groups -OCH3 is 1. The van der Waals surface area contributed by atoms with Gasteiger partial charge in [0.1, 0.15) is 11.4 Å². The van der Waals surface area contributed by atoms with E-state index >= 15 is 0 Å². The number of aromatic nitrogens is 1. The summed E-state index contributed by atoms with van der Waals surface area (Å²) in [4.78, 5) is 33.5. The van der Waals surface area contributed by atoms with E-state index in [1.165, 1.54) is 6.20 Å². The van der Waals surface area contributed by atoms with Crippen molar-refractivity contribution in [2.75, 3.05) is 46.4 Å². The molecule has 1 aliphatic rings. The van der Waals surface area contributed by atoms with Crippen LogP contribution >= 0.6 is 0 Å². The lowest BCUT2D eigenvalue weighted by Gasteiger charge is -2.33. The van der Waals surface area contributed by atoms with Crippen LogP contribution < -0.4 is 10.1 Å². The molecule has 29 heavy (non-hydrogen) atoms. The molecule has 2 aromatic rings. The van der Waals surface area contributed by atoms with Gasteiger partial charge in [0.2, 0.25) is 0 Å². The molecule has 0 spiro atoms. The maximum absolute atomic E-state index is 12.7. The van der Waals surface area contributed by atoms with Gasteiger partial charge in [0.25, 0.3) is 11.8 Å². The fourth-order valence-corrected chi connectivity index (χ4v) is 3.33. The van der Waals surface area contributed by atoms with Gasteiger partial charge in [-0.2, -0.15) is 0 Å². The maximum Gasteiger partial charge on any atom is 0.272 e. The molecule has 0 radical (unpaired) electrons. The number of ether oxygens (including phenoxy) is 1. The summed E-state index contributed by atoms with van der Waals surface area (Å²) in [5, 5.41) is 2.91. The van der Waals surface area contributed by atoms with Gasteiger partial charge >= 0.3 is 0 Å². The van der Waals surface area contributed by atoms with Crippen LogP contribution in [0.1, 0.15) is 33.3 Å². The van der Waals surface area contributed by atoms with Gasteiger partial charge in [-0.3, -0.25) is 14.6 Å². The van der Waals surface area contributed by atoms with Gasteiger partial charge in [0, 0.05) is 44.5 Å². The summed E-state index contributed by atoms with van der Waals surface area (Å²) in [5.74, 6) is 0.488. The molecule has 0 saturated carbocycles. The second kappa shape index (κ2) is 10.0. The van der Waals surface area contributed by atoms with E-state index in [0.717, 1.165) is 30.9 Å². The number of nitrogens with one attached hydrogen (secondary N) is 1. The zero-order chi connectivity index (χ0) is 20.6. The van der Waals surface area contributed by atoms with Crippen molar-refractivity contribution in [2.24, 2.45) is 0 Å². The summed E-state index contributed by atoms with van der Waals surface area (Å²) >= 11 is 0. The Bertz CT molecular complexity index is 830. The highest BCUT2D eigenvalue weighted by Crippen LogP contribution is 2.12. The highest BCUT2D eigenvalue weighted by Gasteiger charge is 2.22. The Labute approximate surface area is 171 Å². The third-order valence-corrected chi connectivity index (χ3v) is 5.21. The monoisotopic (exact) mass is 396 g/mol. The van der Waals surface area contributed by atoms with E-state index < -0.39 is 0 Å². The van der Waals surface area contributed by atoms with Crippen molar-refractivity contribution in [3.63, 3.8) is 0 Å². The molecular formula is C22H28N4O3. The van der Waals surface area contributed by atoms with Crippen molar-refractivity contribution in [1.82, 2.24) is 20.1 Å². The zero-order valence-corrected chi connectivity index (χ0v) is 17.1. The van der Waals surface area contributed by atoms with E-state index in [2.05, 4.69) is 22.1 Å². The molecule has 7 nitrogen and oxygen atoms in total. The first kappa shape index (κ1) is 20.8. The summed E-state index contributed by atoms with van der Waals surface area (Å²) in [7, 11) is 1.63. The number of benzene rings is 1. The van der Waals surface area contributed by atoms with Crippen molar-refractivity contribution in [2.45, 2.75) is 13.3 Å². The Morgan fingerprint density at radius 2 is 1.83 bits per heavy atom. The number of nitrogens with zero attached hydrogens (tertiary/aromatic N) is 3. The lowest BCUT2D eigenvalue weighted by molar-refractivity contribution is 0.0637. The minimum atomic E-state index is -0.203. The quantitative estimate of drug-likeness (QED) is 0.773. The first-order valence-corrected chi connectivity index (χ1v) is 9.99. The van der Waals surface area contributed by atoms with Crippen LogP contribution in [0.25, 0.3) is 0 Å². The molecule has 1 aromatic carbocycles. The van der Waals surface area contributed by atoms with E-state index in [-0.39, 0.29) is 11.8 Å². The minimum absolute atomic E-state index is 0.117. The molecule has 1 saturated heterocycles. The lowest BCUT2D eigenvalue weighted by Crippen LogP contribution is -2.48. The van der Waals surface area contributed by atoms with Gasteiger partial charge in [0.05, 0.1) is 7.11 Å². The molecule has 1 aromatic heterocycles. The average Bonchev–Trinajstić information content (AvgIpc) is 2.79. The molecule has 154 valence electrons. The maximum atomic E-state index is 12.7. The molecule has 2 heterocycles. The Morgan fingerprint density at radius 1 is 1.10 bits per heavy atom. The Morgan fingerprint density at radius 3 is 2.48 bits per heavy atom. The van der Waals surface area contributed by atoms with Crippen LogP contribution in [-0.4, -0.2) is 73.0 Å². The van der Waals surface area contributed by atoms with E-state index in [0.29, 0.717) is 37.3 Å². The minimum Gasteiger partial charge on any atom is -0.497 e. The number of carbonyl (C=O) groups excluding carboxylic acids is 2. The predicted molar refractivity (Wildman–Crippen MR) is 111 cm³/mol. The van der Waals surface area contributed by atoms with Crippen LogP contribution in [-0.2, 0) is 6.42 Å². The van der Waals surface area contributed by atoms with E-state index in [1.54, 1.807) is 24.1 Å². The predicted octanol–water partition coefficient (Wildman–Crippen LogP) is 1.84. The van der Waals surface area contributed by atoms with Crippen LogP contribution in [0.2, 0.25) is 0 Å². The van der Waals surface area contributed by atoms with Crippen LogP contribution in [0.15, 0.2) is 42.6 Å². The number of hydrogen-bond donors (Lipinski definition) is 1. The molecule has 0 bridgehead atoms. The van der Waals surface area contributed by atoms with Crippen LogP contribution in [0.5, 0.6) is 5.75 Å². The van der Waals surface area contributed by atoms with Gasteiger partial charge in [-0.1, -0.05) is 19.1 Å². The molecule has 1 fully saturated rings. The van der Waals surface area contributed by atoms with Gasteiger partial charge in [0.15, 0.2) is 0 Å². The average molecular weight is 396 g/mol. The first-order chi connectivity index (χ1) is 14.1. The summed E-state index contributed by atoms with van der Waals surface area (Å²) in [6.45, 7) is 6.73. The van der Waals surface area contributed by atoms with Crippen molar-refractivity contribution in [3.8, 4) is 5.75 Å². The number of carbonyl (C=O) groups is 2. The zero-order valence-electron chi connectivity index (χ0n) is 17.1. The number of pyridine rings is 1. The van der Waals surface area contributed by atoms with Gasteiger partial charge in [-0.15, -0.1) is 0 Å². The van der Waals surface area contributed by atoms with E-state index in [4.69, 9.17) is 4.74 Å². The number of likely N-dealkylation sites (N-methyl/N-ethyl adjacent to an activating group) is 1. The number of rotatable bonds is 7. The second-order valence-electron chi connectivity index (χ2n) is 7.01. The highest BCUT2D eigenvalue weighted by atomic mass is 16.5. The normalized spacial score (nSPS) is 14.5. The third kappa shape index (κ3) is 5.54. The van der Waals surface area contributed by atoms with Gasteiger partial charge in [-0.25, -0.2) is 0 Å². The summed E-state index contributed by atoms with van der Waals surface area (Å²) in [5.41, 5.74) is 1.88. The second-order valence-corrected chi connectivity index (χ2v) is 7.01. The number of hydrogen-bond acceptors (Lipinski definition) is 5. The first-order valence-electron chi connectivity index (χ1n) is 9.99. The molecule has 1 N–H and O–H groups in total. The van der Waals surface area contributed by atoms with Gasteiger partial charge in [-0.05, 0) is 42.8 Å². The van der Waals surface area contributed by atoms with Gasteiger partial charge < -0.3 is 19.9 Å². The lowest BCUT2D eigenvalue weighted by atomic mass is 10.1. The Balaban J connectivity index is 1.54. The summed E-state index contributed by atoms with van der Waals surface area (Å²) in [6.07, 6.45) is 2.24. The van der Waals surface area contributed by atoms with E-state index in [1.807, 2.05) is 24.3 Å². The number of amides is 2. The van der Waals surface area contributed by atoms with Crippen LogP contribution in [0.4, 0.5) is 0 Å². The van der Waals surface area contributed by atoms with E-state index in [9.17, 15) is 9.59 Å². The largest absolute Gasteiger partial charge is 0.497 e. The standard InChI is InChI=1S/C22H28N4O3/c1-3-25-12-14-26(15-13-25)22(28)20-16-18(9-11-23-20)21(27)24-10-8-17-4-6-19(29-2)7-5-17/h4-7,9,11,16H,3,8,10,12-15H2,1-2H3,(H,24,27). The fourth-order valence-electron chi connectivity index (χ4n) is 3.33. The molecule has 1 aliphatic heterocycles. The van der Waals surface area contributed by atoms with Crippen molar-refractivity contribution in [1.29, 1.82) is 0 Å². The van der Waals surface area contributed by atoms with Crippen molar-refractivity contribution in [3.05, 3.63) is 59.4 Å². The smallest absolute Gasteiger partial charge is 0.272 e. The molecule has 0 aliphatic carbocycles. The fraction of sp³-hybridized carbons (Fsp3) is 0.409. The Hall–Kier alpha value is -2.93. The summed E-state index contributed by atoms with van der Waals surface area (Å²) in [6, 6.07) is 11.0. The topological polar surface area (TPSA) is 74.8 Å². The van der Waals surface area contributed by atoms with Crippen molar-refractivity contribution < 1.29 is 14.3 Å². The SMILES string of the molecule is CCN1CCN(C(=O)c2cc(C(=O)NCCc3ccc(OC)cc3)ccn2)CC1. The van der Waals surface area contributed by atoms with Crippen LogP contribution in [0.3, 0.4) is 0 Å². The van der Waals surface area contributed by atoms with Crippen molar-refractivity contribution >= 4 is 11.8 Å². The third-order valence-electron chi connectivity index (χ3n) is 5.21. The molecule has 2 amide bonds. The highest BCUT2D eigenvalue weighted by molar-refractivity contribution is 5.98. The summed E-state index contributed by atoms with van der Waals surface area (Å²) < 4.78 is 5.15. The molecule has 3 rings (SSSR count). The Kier molecular flexibility index (Phi) is 7.19. The molecule has 7 heteroatoms. The van der Waals surface area contributed by atoms with Crippen LogP contribution in [0, 0.1) is 0 Å². The number of piperazine rings is 1. The molecular weight excluding hydrogens is 368 g/mol. The molecule has 0 unspecified atom stereocenters. The molecule has 0 atom stereocenters.